The van der Waals surface area contributed by atoms with Crippen molar-refractivity contribution in [1.82, 2.24) is 5.32 Å². The first kappa shape index (κ1) is 15.1. The number of carbonyl (C=O) groups is 1. The number of rotatable bonds is 5. The van der Waals surface area contributed by atoms with Crippen molar-refractivity contribution in [3.05, 3.63) is 36.1 Å². The van der Waals surface area contributed by atoms with Crippen LogP contribution in [0.1, 0.15) is 11.9 Å². The molecule has 1 aromatic heterocycles. The molecule has 0 fully saturated rings. The van der Waals surface area contributed by atoms with E-state index in [0.717, 1.165) is 5.39 Å². The summed E-state index contributed by atoms with van der Waals surface area (Å²) >= 11 is 10.8. The average Bonchev–Trinajstić information content (AvgIpc) is 2.87. The third-order valence-corrected chi connectivity index (χ3v) is 3.24. The molecule has 108 valence electrons. The number of hydrogen-bond acceptors (Lipinski definition) is 4. The summed E-state index contributed by atoms with van der Waals surface area (Å²) in [7, 11) is 0. The number of alkyl halides is 2. The van der Waals surface area contributed by atoms with Gasteiger partial charge in [-0.25, -0.2) is 0 Å². The zero-order valence-electron chi connectivity index (χ0n) is 10.3. The number of amides is 1. The summed E-state index contributed by atoms with van der Waals surface area (Å²) in [5.74, 6) is -0.450. The van der Waals surface area contributed by atoms with E-state index in [2.05, 4.69) is 5.32 Å². The van der Waals surface area contributed by atoms with Crippen LogP contribution < -0.4 is 5.32 Å². The number of aliphatic hydroxyl groups is 2. The van der Waals surface area contributed by atoms with E-state index in [1.54, 1.807) is 18.2 Å². The van der Waals surface area contributed by atoms with Gasteiger partial charge in [0, 0.05) is 5.39 Å². The van der Waals surface area contributed by atoms with Crippen LogP contribution in [0.25, 0.3) is 11.0 Å². The van der Waals surface area contributed by atoms with E-state index in [1.165, 1.54) is 0 Å². The number of carbonyl (C=O) groups excluding carboxylic acids is 1. The van der Waals surface area contributed by atoms with Crippen LogP contribution in [0.2, 0.25) is 0 Å². The molecule has 0 bridgehead atoms. The van der Waals surface area contributed by atoms with E-state index in [9.17, 15) is 15.0 Å². The first-order valence-electron chi connectivity index (χ1n) is 5.89. The minimum Gasteiger partial charge on any atom is -0.458 e. The summed E-state index contributed by atoms with van der Waals surface area (Å²) in [6.45, 7) is -0.482. The molecule has 7 heteroatoms. The van der Waals surface area contributed by atoms with Crippen molar-refractivity contribution >= 4 is 40.1 Å². The number of aliphatic hydroxyl groups excluding tert-OH is 2. The van der Waals surface area contributed by atoms with Crippen molar-refractivity contribution < 1.29 is 19.4 Å². The Morgan fingerprint density at radius 1 is 1.35 bits per heavy atom. The zero-order valence-corrected chi connectivity index (χ0v) is 11.8. The Kier molecular flexibility index (Phi) is 4.88. The van der Waals surface area contributed by atoms with Crippen molar-refractivity contribution in [2.24, 2.45) is 0 Å². The Balaban J connectivity index is 2.19. The van der Waals surface area contributed by atoms with E-state index >= 15 is 0 Å². The maximum Gasteiger partial charge on any atom is 0.253 e. The molecule has 1 heterocycles. The summed E-state index contributed by atoms with van der Waals surface area (Å²) in [4.78, 5) is 10.1. The Labute approximate surface area is 125 Å². The number of hydrogen-bond donors (Lipinski definition) is 3. The molecule has 5 nitrogen and oxygen atoms in total. The van der Waals surface area contributed by atoms with Gasteiger partial charge in [-0.05, 0) is 12.1 Å². The average molecular weight is 318 g/mol. The molecule has 0 aliphatic carbocycles. The second-order valence-corrected chi connectivity index (χ2v) is 5.33. The molecule has 2 atom stereocenters. The standard InChI is InChI=1S/C13H13Cl2NO4/c14-12(15)13(19)16-8(6-17)11(18)10-5-7-3-1-2-4-9(7)20-10/h1-5,8,11-12,17-18H,6H2,(H,16,19)/t8-,11+/m1/s1. The van der Waals surface area contributed by atoms with Gasteiger partial charge in [-0.15, -0.1) is 0 Å². The molecule has 1 amide bonds. The van der Waals surface area contributed by atoms with E-state index in [1.807, 2.05) is 12.1 Å². The molecule has 3 N–H and O–H groups in total. The summed E-state index contributed by atoms with van der Waals surface area (Å²) in [6.07, 6.45) is -1.21. The number of benzene rings is 1. The molecule has 0 aliphatic heterocycles. The lowest BCUT2D eigenvalue weighted by molar-refractivity contribution is -0.121. The highest BCUT2D eigenvalue weighted by atomic mass is 35.5. The van der Waals surface area contributed by atoms with Crippen molar-refractivity contribution in [3.63, 3.8) is 0 Å². The summed E-state index contributed by atoms with van der Waals surface area (Å²) in [6, 6.07) is 7.92. The third kappa shape index (κ3) is 3.24. The highest BCUT2D eigenvalue weighted by molar-refractivity contribution is 6.53. The molecule has 0 saturated heterocycles. The van der Waals surface area contributed by atoms with E-state index in [0.29, 0.717) is 5.58 Å². The van der Waals surface area contributed by atoms with Gasteiger partial charge in [-0.1, -0.05) is 41.4 Å². The molecule has 0 spiro atoms. The highest BCUT2D eigenvalue weighted by Crippen LogP contribution is 2.25. The Bertz CT molecular complexity index is 566. The largest absolute Gasteiger partial charge is 0.458 e. The number of nitrogens with one attached hydrogen (secondary N) is 1. The van der Waals surface area contributed by atoms with Gasteiger partial charge in [-0.2, -0.15) is 0 Å². The lowest BCUT2D eigenvalue weighted by atomic mass is 10.1. The molecule has 20 heavy (non-hydrogen) atoms. The Hall–Kier alpha value is -1.27. The minimum absolute atomic E-state index is 0.242. The minimum atomic E-state index is -1.27. The summed E-state index contributed by atoms with van der Waals surface area (Å²) in [5, 5.41) is 22.6. The predicted molar refractivity (Wildman–Crippen MR) is 75.7 cm³/mol. The van der Waals surface area contributed by atoms with Crippen molar-refractivity contribution in [1.29, 1.82) is 0 Å². The first-order chi connectivity index (χ1) is 9.52. The molecule has 0 saturated carbocycles. The van der Waals surface area contributed by atoms with Crippen molar-refractivity contribution in [3.8, 4) is 0 Å². The van der Waals surface area contributed by atoms with E-state index in [4.69, 9.17) is 27.6 Å². The van der Waals surface area contributed by atoms with Crippen LogP contribution in [0.15, 0.2) is 34.7 Å². The zero-order chi connectivity index (χ0) is 14.7. The fourth-order valence-electron chi connectivity index (χ4n) is 1.82. The van der Waals surface area contributed by atoms with Crippen LogP contribution in [0.3, 0.4) is 0 Å². The molecular formula is C13H13Cl2NO4. The number of fused-ring (bicyclic) bond motifs is 1. The van der Waals surface area contributed by atoms with Gasteiger partial charge in [0.05, 0.1) is 12.6 Å². The number of para-hydroxylation sites is 1. The maximum atomic E-state index is 11.4. The van der Waals surface area contributed by atoms with Crippen molar-refractivity contribution in [2.75, 3.05) is 6.61 Å². The maximum absolute atomic E-state index is 11.4. The van der Waals surface area contributed by atoms with Gasteiger partial charge in [0.2, 0.25) is 0 Å². The summed E-state index contributed by atoms with van der Waals surface area (Å²) < 4.78 is 5.48. The van der Waals surface area contributed by atoms with E-state index in [-0.39, 0.29) is 5.76 Å². The predicted octanol–water partition coefficient (Wildman–Crippen LogP) is 1.75. The summed E-state index contributed by atoms with van der Waals surface area (Å²) in [5.41, 5.74) is 0.608. The number of furan rings is 1. The molecule has 0 unspecified atom stereocenters. The SMILES string of the molecule is O=C(N[C@H](CO)[C@H](O)c1cc2ccccc2o1)C(Cl)Cl. The lowest BCUT2D eigenvalue weighted by Gasteiger charge is -2.20. The molecule has 0 radical (unpaired) electrons. The van der Waals surface area contributed by atoms with Gasteiger partial charge >= 0.3 is 0 Å². The molecule has 1 aromatic carbocycles. The quantitative estimate of drug-likeness (QED) is 0.734. The fraction of sp³-hybridized carbons (Fsp3) is 0.308. The topological polar surface area (TPSA) is 82.7 Å². The van der Waals surface area contributed by atoms with Gasteiger partial charge in [-0.3, -0.25) is 4.79 Å². The normalized spacial score (nSPS) is 14.4. The lowest BCUT2D eigenvalue weighted by Crippen LogP contribution is -2.44. The second kappa shape index (κ2) is 6.45. The van der Waals surface area contributed by atoms with Gasteiger partial charge in [0.1, 0.15) is 17.4 Å². The van der Waals surface area contributed by atoms with Crippen LogP contribution in [0.4, 0.5) is 0 Å². The molecule has 2 aromatic rings. The van der Waals surface area contributed by atoms with Crippen molar-refractivity contribution in [2.45, 2.75) is 17.0 Å². The number of halogens is 2. The van der Waals surface area contributed by atoms with Crippen LogP contribution >= 0.6 is 23.2 Å². The Morgan fingerprint density at radius 2 is 2.05 bits per heavy atom. The smallest absolute Gasteiger partial charge is 0.253 e. The first-order valence-corrected chi connectivity index (χ1v) is 6.76. The van der Waals surface area contributed by atoms with E-state index < -0.39 is 29.5 Å². The molecular weight excluding hydrogens is 305 g/mol. The fourth-order valence-corrected chi connectivity index (χ4v) is 1.94. The van der Waals surface area contributed by atoms with Gasteiger partial charge in [0.25, 0.3) is 5.91 Å². The van der Waals surface area contributed by atoms with Crippen LogP contribution in [0.5, 0.6) is 0 Å². The highest BCUT2D eigenvalue weighted by Gasteiger charge is 2.26. The Morgan fingerprint density at radius 3 is 2.65 bits per heavy atom. The van der Waals surface area contributed by atoms with Crippen LogP contribution in [0, 0.1) is 0 Å². The second-order valence-electron chi connectivity index (χ2n) is 4.23. The molecule has 2 rings (SSSR count). The van der Waals surface area contributed by atoms with Gasteiger partial charge < -0.3 is 19.9 Å². The van der Waals surface area contributed by atoms with Crippen LogP contribution in [-0.2, 0) is 4.79 Å². The molecule has 0 aliphatic rings. The monoisotopic (exact) mass is 317 g/mol. The third-order valence-electron chi connectivity index (χ3n) is 2.84. The van der Waals surface area contributed by atoms with Gasteiger partial charge in [0.15, 0.2) is 4.84 Å². The van der Waals surface area contributed by atoms with Crippen LogP contribution in [-0.4, -0.2) is 33.6 Å².